The zero-order chi connectivity index (χ0) is 17.5. The fraction of sp³-hybridized carbons (Fsp3) is 0.588. The Labute approximate surface area is 142 Å². The van der Waals surface area contributed by atoms with E-state index < -0.39 is 4.92 Å². The van der Waals surface area contributed by atoms with Crippen molar-refractivity contribution in [1.29, 1.82) is 0 Å². The van der Waals surface area contributed by atoms with Crippen LogP contribution in [-0.2, 0) is 4.79 Å². The molecule has 1 saturated heterocycles. The van der Waals surface area contributed by atoms with E-state index >= 15 is 0 Å². The van der Waals surface area contributed by atoms with Gasteiger partial charge in [-0.15, -0.1) is 0 Å². The lowest BCUT2D eigenvalue weighted by atomic mass is 9.93. The highest BCUT2D eigenvalue weighted by atomic mass is 16.6. The Morgan fingerprint density at radius 3 is 2.67 bits per heavy atom. The molecule has 7 nitrogen and oxygen atoms in total. The lowest BCUT2D eigenvalue weighted by Gasteiger charge is -2.31. The first-order valence-corrected chi connectivity index (χ1v) is 8.41. The molecule has 1 fully saturated rings. The average Bonchev–Trinajstić information content (AvgIpc) is 2.56. The van der Waals surface area contributed by atoms with E-state index in [0.29, 0.717) is 17.8 Å². The third-order valence-electron chi connectivity index (χ3n) is 4.57. The van der Waals surface area contributed by atoms with E-state index in [1.165, 1.54) is 18.6 Å². The molecule has 0 radical (unpaired) electrons. The Balaban J connectivity index is 1.81. The van der Waals surface area contributed by atoms with Crippen LogP contribution in [0, 0.1) is 23.0 Å². The third kappa shape index (κ3) is 5.28. The molecular formula is C17H26N4O3. The van der Waals surface area contributed by atoms with Crippen LogP contribution in [0.3, 0.4) is 0 Å². The summed E-state index contributed by atoms with van der Waals surface area (Å²) in [5.41, 5.74) is 1.37. The number of carbonyl (C=O) groups is 1. The highest BCUT2D eigenvalue weighted by Gasteiger charge is 2.20. The monoisotopic (exact) mass is 334 g/mol. The fourth-order valence-electron chi connectivity index (χ4n) is 3.08. The molecule has 24 heavy (non-hydrogen) atoms. The molecule has 1 aromatic rings. The van der Waals surface area contributed by atoms with Crippen LogP contribution in [0.4, 0.5) is 11.4 Å². The van der Waals surface area contributed by atoms with E-state index in [2.05, 4.69) is 15.5 Å². The summed E-state index contributed by atoms with van der Waals surface area (Å²) in [7, 11) is 1.97. The van der Waals surface area contributed by atoms with Crippen LogP contribution in [0.25, 0.3) is 0 Å². The number of nitro benzene ring substituents is 1. The molecule has 0 spiro atoms. The minimum atomic E-state index is -0.434. The maximum atomic E-state index is 12.2. The number of rotatable bonds is 7. The third-order valence-corrected chi connectivity index (χ3v) is 4.57. The second kappa shape index (κ2) is 8.75. The number of piperidine rings is 1. The zero-order valence-corrected chi connectivity index (χ0v) is 14.4. The van der Waals surface area contributed by atoms with Gasteiger partial charge in [-0.05, 0) is 70.4 Å². The summed E-state index contributed by atoms with van der Waals surface area (Å²) in [5, 5.41) is 16.8. The van der Waals surface area contributed by atoms with Crippen molar-refractivity contribution in [3.8, 4) is 0 Å². The van der Waals surface area contributed by atoms with Crippen molar-refractivity contribution in [3.05, 3.63) is 33.9 Å². The highest BCUT2D eigenvalue weighted by molar-refractivity contribution is 5.93. The maximum absolute atomic E-state index is 12.2. The number of hydrogen-bond donors (Lipinski definition) is 2. The molecule has 2 N–H and O–H groups in total. The van der Waals surface area contributed by atoms with Crippen molar-refractivity contribution in [2.75, 3.05) is 38.5 Å². The summed E-state index contributed by atoms with van der Waals surface area (Å²) < 4.78 is 0. The van der Waals surface area contributed by atoms with Gasteiger partial charge in [0.15, 0.2) is 0 Å². The molecule has 1 aliphatic rings. The van der Waals surface area contributed by atoms with E-state index in [1.54, 1.807) is 13.0 Å². The van der Waals surface area contributed by atoms with Crippen LogP contribution < -0.4 is 10.6 Å². The quantitative estimate of drug-likeness (QED) is 0.589. The Bertz CT molecular complexity index is 583. The maximum Gasteiger partial charge on any atom is 0.269 e. The van der Waals surface area contributed by atoms with Gasteiger partial charge in [-0.2, -0.15) is 0 Å². The zero-order valence-electron chi connectivity index (χ0n) is 14.4. The van der Waals surface area contributed by atoms with Gasteiger partial charge in [-0.25, -0.2) is 0 Å². The SMILES string of the molecule is CNCCC1CCN(CC(=O)Nc2ccc([N+](=O)[O-])cc2C)CC1. The van der Waals surface area contributed by atoms with Crippen molar-refractivity contribution in [1.82, 2.24) is 10.2 Å². The number of non-ortho nitro benzene ring substituents is 1. The first kappa shape index (κ1) is 18.4. The molecule has 2 rings (SSSR count). The second-order valence-corrected chi connectivity index (χ2v) is 6.42. The molecule has 0 saturated carbocycles. The minimum Gasteiger partial charge on any atom is -0.325 e. The van der Waals surface area contributed by atoms with Crippen LogP contribution in [0.15, 0.2) is 18.2 Å². The normalized spacial score (nSPS) is 16.1. The van der Waals surface area contributed by atoms with Crippen LogP contribution >= 0.6 is 0 Å². The van der Waals surface area contributed by atoms with Gasteiger partial charge in [-0.3, -0.25) is 19.8 Å². The number of carbonyl (C=O) groups excluding carboxylic acids is 1. The Kier molecular flexibility index (Phi) is 6.69. The summed E-state index contributed by atoms with van der Waals surface area (Å²) in [6.45, 7) is 5.07. The van der Waals surface area contributed by atoms with Crippen molar-refractivity contribution in [2.24, 2.45) is 5.92 Å². The van der Waals surface area contributed by atoms with Gasteiger partial charge in [-0.1, -0.05) is 0 Å². The fourth-order valence-corrected chi connectivity index (χ4v) is 3.08. The number of aryl methyl sites for hydroxylation is 1. The summed E-state index contributed by atoms with van der Waals surface area (Å²) in [6.07, 6.45) is 3.45. The molecule has 0 atom stereocenters. The first-order chi connectivity index (χ1) is 11.5. The number of benzene rings is 1. The lowest BCUT2D eigenvalue weighted by Crippen LogP contribution is -2.39. The number of likely N-dealkylation sites (tertiary alicyclic amines) is 1. The molecule has 0 aromatic heterocycles. The Morgan fingerprint density at radius 2 is 2.08 bits per heavy atom. The number of nitrogens with one attached hydrogen (secondary N) is 2. The van der Waals surface area contributed by atoms with Gasteiger partial charge in [0.05, 0.1) is 11.5 Å². The summed E-state index contributed by atoms with van der Waals surface area (Å²) in [6, 6.07) is 4.48. The van der Waals surface area contributed by atoms with Crippen molar-refractivity contribution in [3.63, 3.8) is 0 Å². The first-order valence-electron chi connectivity index (χ1n) is 8.41. The Hall–Kier alpha value is -1.99. The van der Waals surface area contributed by atoms with Crippen molar-refractivity contribution in [2.45, 2.75) is 26.2 Å². The largest absolute Gasteiger partial charge is 0.325 e. The number of amides is 1. The van der Waals surface area contributed by atoms with Gasteiger partial charge in [0, 0.05) is 17.8 Å². The van der Waals surface area contributed by atoms with E-state index in [9.17, 15) is 14.9 Å². The molecule has 1 amide bonds. The predicted octanol–water partition coefficient (Wildman–Crippen LogP) is 2.16. The predicted molar refractivity (Wildman–Crippen MR) is 94.2 cm³/mol. The van der Waals surface area contributed by atoms with E-state index in [-0.39, 0.29) is 11.6 Å². The van der Waals surface area contributed by atoms with E-state index in [1.807, 2.05) is 7.05 Å². The standard InChI is InChI=1S/C17H26N4O3/c1-13-11-15(21(23)24)3-4-16(13)19-17(22)12-20-9-6-14(7-10-20)5-8-18-2/h3-4,11,14,18H,5-10,12H2,1-2H3,(H,19,22). The van der Waals surface area contributed by atoms with Crippen molar-refractivity contribution < 1.29 is 9.72 Å². The molecule has 0 unspecified atom stereocenters. The van der Waals surface area contributed by atoms with Gasteiger partial charge >= 0.3 is 0 Å². The molecule has 0 aliphatic carbocycles. The molecule has 1 aliphatic heterocycles. The lowest BCUT2D eigenvalue weighted by molar-refractivity contribution is -0.384. The number of nitrogens with zero attached hydrogens (tertiary/aromatic N) is 2. The van der Waals surface area contributed by atoms with Crippen LogP contribution in [0.5, 0.6) is 0 Å². The minimum absolute atomic E-state index is 0.0362. The van der Waals surface area contributed by atoms with Crippen molar-refractivity contribution >= 4 is 17.3 Å². The molecule has 0 bridgehead atoms. The van der Waals surface area contributed by atoms with Crippen LogP contribution in [0.1, 0.15) is 24.8 Å². The summed E-state index contributed by atoms with van der Waals surface area (Å²) in [4.78, 5) is 24.7. The number of anilines is 1. The van der Waals surface area contributed by atoms with E-state index in [4.69, 9.17) is 0 Å². The summed E-state index contributed by atoms with van der Waals surface area (Å²) in [5.74, 6) is 0.675. The smallest absolute Gasteiger partial charge is 0.269 e. The van der Waals surface area contributed by atoms with Gasteiger partial charge in [0.2, 0.25) is 5.91 Å². The molecule has 1 heterocycles. The van der Waals surface area contributed by atoms with Crippen LogP contribution in [-0.4, -0.2) is 49.0 Å². The number of nitro groups is 1. The molecule has 1 aromatic carbocycles. The molecular weight excluding hydrogens is 308 g/mol. The Morgan fingerprint density at radius 1 is 1.38 bits per heavy atom. The van der Waals surface area contributed by atoms with Gasteiger partial charge in [0.25, 0.3) is 5.69 Å². The highest BCUT2D eigenvalue weighted by Crippen LogP contribution is 2.22. The summed E-state index contributed by atoms with van der Waals surface area (Å²) >= 11 is 0. The second-order valence-electron chi connectivity index (χ2n) is 6.42. The average molecular weight is 334 g/mol. The van der Waals surface area contributed by atoms with Gasteiger partial charge < -0.3 is 10.6 Å². The number of hydrogen-bond acceptors (Lipinski definition) is 5. The van der Waals surface area contributed by atoms with Crippen LogP contribution in [0.2, 0.25) is 0 Å². The molecule has 132 valence electrons. The van der Waals surface area contributed by atoms with Gasteiger partial charge in [0.1, 0.15) is 0 Å². The van der Waals surface area contributed by atoms with E-state index in [0.717, 1.165) is 38.4 Å². The molecule has 7 heteroatoms. The topological polar surface area (TPSA) is 87.5 Å².